The first kappa shape index (κ1) is 23.7. The van der Waals surface area contributed by atoms with E-state index in [1.165, 1.54) is 16.5 Å². The zero-order valence-electron chi connectivity index (χ0n) is 17.1. The number of rotatable bonds is 4. The lowest BCUT2D eigenvalue weighted by molar-refractivity contribution is 0.267. The van der Waals surface area contributed by atoms with E-state index in [1.54, 1.807) is 0 Å². The highest BCUT2D eigenvalue weighted by atomic mass is 79.9. The van der Waals surface area contributed by atoms with Crippen molar-refractivity contribution in [1.82, 2.24) is 9.88 Å². The van der Waals surface area contributed by atoms with Crippen molar-refractivity contribution in [2.45, 2.75) is 6.61 Å². The summed E-state index contributed by atoms with van der Waals surface area (Å²) in [5, 5.41) is 2.44. The summed E-state index contributed by atoms with van der Waals surface area (Å²) in [6, 6.07) is 18.5. The highest BCUT2D eigenvalue weighted by Crippen LogP contribution is 2.31. The molecule has 1 aliphatic heterocycles. The first-order valence-corrected chi connectivity index (χ1v) is 10.6. The van der Waals surface area contributed by atoms with Gasteiger partial charge in [0, 0.05) is 41.7 Å². The van der Waals surface area contributed by atoms with Crippen LogP contribution in [0, 0.1) is 0 Å². The van der Waals surface area contributed by atoms with Gasteiger partial charge in [-0.15, -0.1) is 24.8 Å². The quantitative estimate of drug-likeness (QED) is 0.331. The van der Waals surface area contributed by atoms with Gasteiger partial charge in [0.05, 0.1) is 0 Å². The average Bonchev–Trinajstić information content (AvgIpc) is 3.14. The normalized spacial score (nSPS) is 14.3. The molecule has 0 radical (unpaired) electrons. The van der Waals surface area contributed by atoms with Crippen molar-refractivity contribution >= 4 is 68.3 Å². The first-order valence-electron chi connectivity index (χ1n) is 9.80. The molecular weight excluding hydrogens is 501 g/mol. The standard InChI is InChI=1S/C23H22BrN3O2.2ClH/c1-26-9-11-27(12-10-26)21-4-2-3-16-5-7-18(14-19(16)21)28-15-23-25-20-13-17(24)6-8-22(20)29-23;;/h2-8,13-14H,9-12,15H2,1H3;2*1H. The van der Waals surface area contributed by atoms with Gasteiger partial charge in [-0.25, -0.2) is 4.98 Å². The van der Waals surface area contributed by atoms with Gasteiger partial charge in [0.25, 0.3) is 0 Å². The summed E-state index contributed by atoms with van der Waals surface area (Å²) in [4.78, 5) is 9.35. The Morgan fingerprint density at radius 3 is 2.61 bits per heavy atom. The van der Waals surface area contributed by atoms with E-state index in [2.05, 4.69) is 68.1 Å². The predicted octanol–water partition coefficient (Wildman–Crippen LogP) is 5.92. The van der Waals surface area contributed by atoms with Crippen molar-refractivity contribution in [1.29, 1.82) is 0 Å². The van der Waals surface area contributed by atoms with E-state index in [4.69, 9.17) is 9.15 Å². The van der Waals surface area contributed by atoms with Gasteiger partial charge in [-0.1, -0.05) is 34.1 Å². The first-order chi connectivity index (χ1) is 14.2. The van der Waals surface area contributed by atoms with Crippen LogP contribution in [-0.4, -0.2) is 43.1 Å². The SMILES string of the molecule is CN1CCN(c2cccc3ccc(OCc4nc5cc(Br)ccc5o4)cc23)CC1.Cl.Cl. The third kappa shape index (κ3) is 5.09. The second kappa shape index (κ2) is 10.1. The molecule has 1 aliphatic rings. The lowest BCUT2D eigenvalue weighted by Gasteiger charge is -2.34. The highest BCUT2D eigenvalue weighted by molar-refractivity contribution is 9.10. The molecule has 0 unspecified atom stereocenters. The lowest BCUT2D eigenvalue weighted by atomic mass is 10.1. The number of likely N-dealkylation sites (N-methyl/N-ethyl adjacent to an activating group) is 1. The minimum Gasteiger partial charge on any atom is -0.484 e. The Morgan fingerprint density at radius 2 is 1.81 bits per heavy atom. The molecule has 2 heterocycles. The smallest absolute Gasteiger partial charge is 0.233 e. The Kier molecular flexibility index (Phi) is 7.70. The van der Waals surface area contributed by atoms with Gasteiger partial charge in [-0.2, -0.15) is 0 Å². The van der Waals surface area contributed by atoms with E-state index in [-0.39, 0.29) is 24.8 Å². The van der Waals surface area contributed by atoms with Crippen molar-refractivity contribution in [3.8, 4) is 5.75 Å². The molecule has 5 nitrogen and oxygen atoms in total. The van der Waals surface area contributed by atoms with Crippen LogP contribution >= 0.6 is 40.7 Å². The molecule has 0 spiro atoms. The average molecular weight is 525 g/mol. The number of piperazine rings is 1. The Morgan fingerprint density at radius 1 is 1.00 bits per heavy atom. The Bertz CT molecular complexity index is 1180. The van der Waals surface area contributed by atoms with Gasteiger partial charge in [-0.3, -0.25) is 0 Å². The summed E-state index contributed by atoms with van der Waals surface area (Å²) in [7, 11) is 2.18. The van der Waals surface area contributed by atoms with Crippen LogP contribution in [-0.2, 0) is 6.61 Å². The third-order valence-corrected chi connectivity index (χ3v) is 5.92. The summed E-state index contributed by atoms with van der Waals surface area (Å²) in [6.45, 7) is 4.55. The minimum absolute atomic E-state index is 0. The molecule has 0 aliphatic carbocycles. The Hall–Kier alpha value is -1.99. The van der Waals surface area contributed by atoms with Crippen molar-refractivity contribution < 1.29 is 9.15 Å². The summed E-state index contributed by atoms with van der Waals surface area (Å²) in [5.41, 5.74) is 2.87. The Labute approximate surface area is 202 Å². The molecule has 8 heteroatoms. The summed E-state index contributed by atoms with van der Waals surface area (Å²) >= 11 is 3.46. The maximum absolute atomic E-state index is 6.02. The number of halogens is 3. The lowest BCUT2D eigenvalue weighted by Crippen LogP contribution is -2.44. The molecule has 0 atom stereocenters. The van der Waals surface area contributed by atoms with Crippen LogP contribution in [0.5, 0.6) is 5.75 Å². The number of aromatic nitrogens is 1. The number of oxazole rings is 1. The van der Waals surface area contributed by atoms with Gasteiger partial charge < -0.3 is 19.0 Å². The van der Waals surface area contributed by atoms with E-state index in [0.29, 0.717) is 12.5 Å². The molecule has 0 N–H and O–H groups in total. The summed E-state index contributed by atoms with van der Waals surface area (Å²) in [6.07, 6.45) is 0. The zero-order chi connectivity index (χ0) is 19.8. The maximum Gasteiger partial charge on any atom is 0.233 e. The molecule has 4 aromatic rings. The van der Waals surface area contributed by atoms with Gasteiger partial charge in [0.2, 0.25) is 5.89 Å². The summed E-state index contributed by atoms with van der Waals surface area (Å²) < 4.78 is 12.8. The van der Waals surface area contributed by atoms with Crippen LogP contribution in [0.2, 0.25) is 0 Å². The second-order valence-electron chi connectivity index (χ2n) is 7.46. The number of hydrogen-bond acceptors (Lipinski definition) is 5. The number of hydrogen-bond donors (Lipinski definition) is 0. The topological polar surface area (TPSA) is 41.7 Å². The summed E-state index contributed by atoms with van der Waals surface area (Å²) in [5.74, 6) is 1.40. The molecule has 5 rings (SSSR count). The van der Waals surface area contributed by atoms with Gasteiger partial charge >= 0.3 is 0 Å². The molecule has 1 aromatic heterocycles. The molecule has 164 valence electrons. The van der Waals surface area contributed by atoms with Crippen LogP contribution in [0.4, 0.5) is 5.69 Å². The molecule has 0 saturated carbocycles. The molecule has 3 aromatic carbocycles. The molecule has 1 fully saturated rings. The number of benzene rings is 3. The van der Waals surface area contributed by atoms with E-state index < -0.39 is 0 Å². The van der Waals surface area contributed by atoms with Crippen LogP contribution in [0.1, 0.15) is 5.89 Å². The number of fused-ring (bicyclic) bond motifs is 2. The maximum atomic E-state index is 6.02. The van der Waals surface area contributed by atoms with Gasteiger partial charge in [0.15, 0.2) is 12.2 Å². The van der Waals surface area contributed by atoms with Crippen molar-refractivity contribution in [3.05, 3.63) is 65.0 Å². The van der Waals surface area contributed by atoms with E-state index in [1.807, 2.05) is 24.3 Å². The zero-order valence-corrected chi connectivity index (χ0v) is 20.3. The predicted molar refractivity (Wildman–Crippen MR) is 134 cm³/mol. The van der Waals surface area contributed by atoms with E-state index in [0.717, 1.165) is 47.5 Å². The fraction of sp³-hybridized carbons (Fsp3) is 0.261. The van der Waals surface area contributed by atoms with Gasteiger partial charge in [-0.05, 0) is 48.8 Å². The molecule has 0 bridgehead atoms. The van der Waals surface area contributed by atoms with Gasteiger partial charge in [0.1, 0.15) is 11.3 Å². The third-order valence-electron chi connectivity index (χ3n) is 5.43. The van der Waals surface area contributed by atoms with E-state index in [9.17, 15) is 0 Å². The van der Waals surface area contributed by atoms with Crippen LogP contribution in [0.25, 0.3) is 21.9 Å². The molecule has 31 heavy (non-hydrogen) atoms. The molecule has 0 amide bonds. The highest BCUT2D eigenvalue weighted by Gasteiger charge is 2.16. The largest absolute Gasteiger partial charge is 0.484 e. The van der Waals surface area contributed by atoms with Crippen molar-refractivity contribution in [2.24, 2.45) is 0 Å². The molecular formula is C23H24BrCl2N3O2. The Balaban J connectivity index is 0.00000136. The fourth-order valence-electron chi connectivity index (χ4n) is 3.80. The number of ether oxygens (including phenoxy) is 1. The van der Waals surface area contributed by atoms with Crippen molar-refractivity contribution in [3.63, 3.8) is 0 Å². The van der Waals surface area contributed by atoms with Crippen LogP contribution in [0.15, 0.2) is 63.5 Å². The van der Waals surface area contributed by atoms with E-state index >= 15 is 0 Å². The second-order valence-corrected chi connectivity index (χ2v) is 8.37. The van der Waals surface area contributed by atoms with Crippen LogP contribution in [0.3, 0.4) is 0 Å². The van der Waals surface area contributed by atoms with Crippen molar-refractivity contribution in [2.75, 3.05) is 38.1 Å². The number of anilines is 1. The number of nitrogens with zero attached hydrogens (tertiary/aromatic N) is 3. The monoisotopic (exact) mass is 523 g/mol. The minimum atomic E-state index is 0. The fourth-order valence-corrected chi connectivity index (χ4v) is 4.15. The molecule has 1 saturated heterocycles. The van der Waals surface area contributed by atoms with Crippen LogP contribution < -0.4 is 9.64 Å².